The van der Waals surface area contributed by atoms with E-state index in [9.17, 15) is 26.3 Å². The number of alkyl halides is 6. The Hall–Kier alpha value is -3.17. The van der Waals surface area contributed by atoms with Crippen LogP contribution in [-0.2, 0) is 32.2 Å². The summed E-state index contributed by atoms with van der Waals surface area (Å²) in [4.78, 5) is 24.4. The van der Waals surface area contributed by atoms with E-state index >= 15 is 0 Å². The number of rotatable bonds is 5. The maximum absolute atomic E-state index is 10.6. The van der Waals surface area contributed by atoms with Gasteiger partial charge in [-0.25, -0.2) is 9.59 Å². The lowest BCUT2D eigenvalue weighted by Gasteiger charge is -2.32. The summed E-state index contributed by atoms with van der Waals surface area (Å²) in [6.07, 6.45) is -2.25. The highest BCUT2D eigenvalue weighted by Gasteiger charge is 2.44. The number of halogens is 6. The Morgan fingerprint density at radius 2 is 1.73 bits per heavy atom. The Balaban J connectivity index is 0.000000286. The summed E-state index contributed by atoms with van der Waals surface area (Å²) >= 11 is 0. The molecule has 206 valence electrons. The van der Waals surface area contributed by atoms with E-state index in [0.717, 1.165) is 43.9 Å². The fourth-order valence-electron chi connectivity index (χ4n) is 3.62. The summed E-state index contributed by atoms with van der Waals surface area (Å²) in [5.74, 6) is -4.51. The molecule has 2 aromatic rings. The van der Waals surface area contributed by atoms with E-state index in [4.69, 9.17) is 33.7 Å². The number of carboxylic acid groups (broad SMARTS) is 2. The first-order valence-electron chi connectivity index (χ1n) is 10.8. The van der Waals surface area contributed by atoms with Crippen molar-refractivity contribution in [3.63, 3.8) is 0 Å². The van der Waals surface area contributed by atoms with Crippen LogP contribution < -0.4 is 0 Å². The van der Waals surface area contributed by atoms with E-state index in [1.54, 1.807) is 12.5 Å². The third-order valence-corrected chi connectivity index (χ3v) is 5.19. The number of hydrogen-bond donors (Lipinski definition) is 2. The third kappa shape index (κ3) is 10.0. The number of nitrogens with zero attached hydrogens (tertiary/aromatic N) is 2. The first kappa shape index (κ1) is 30.1. The van der Waals surface area contributed by atoms with E-state index in [1.165, 1.54) is 0 Å². The molecule has 0 bridgehead atoms. The monoisotopic (exact) mass is 542 g/mol. The summed E-state index contributed by atoms with van der Waals surface area (Å²) in [5, 5.41) is 14.2. The Morgan fingerprint density at radius 3 is 2.24 bits per heavy atom. The topological polar surface area (TPSA) is 122 Å². The molecule has 2 aromatic heterocycles. The molecular weight excluding hydrogens is 518 g/mol. The number of ether oxygens (including phenoxy) is 2. The molecule has 2 aliphatic rings. The maximum Gasteiger partial charge on any atom is 0.490 e. The quantitative estimate of drug-likeness (QED) is 0.542. The normalized spacial score (nSPS) is 21.6. The second-order valence-corrected chi connectivity index (χ2v) is 7.87. The zero-order valence-electron chi connectivity index (χ0n) is 19.1. The second kappa shape index (κ2) is 13.4. The molecule has 2 N–H and O–H groups in total. The molecule has 0 spiro atoms. The summed E-state index contributed by atoms with van der Waals surface area (Å²) < 4.78 is 81.2. The molecule has 0 saturated carbocycles. The van der Waals surface area contributed by atoms with Gasteiger partial charge in [-0.15, -0.1) is 0 Å². The molecule has 0 aliphatic carbocycles. The van der Waals surface area contributed by atoms with Crippen LogP contribution in [0.1, 0.15) is 24.2 Å². The van der Waals surface area contributed by atoms with Crippen LogP contribution in [0.3, 0.4) is 0 Å². The van der Waals surface area contributed by atoms with Crippen LogP contribution in [0.25, 0.3) is 0 Å². The molecule has 0 unspecified atom stereocenters. The molecular formula is C22H24F6N2O7. The summed E-state index contributed by atoms with van der Waals surface area (Å²) in [6.45, 7) is 3.13. The third-order valence-electron chi connectivity index (χ3n) is 5.19. The predicted octanol–water partition coefficient (Wildman–Crippen LogP) is 3.89. The lowest BCUT2D eigenvalue weighted by atomic mass is 10.0. The van der Waals surface area contributed by atoms with Gasteiger partial charge in [0.25, 0.3) is 0 Å². The number of carboxylic acids is 2. The number of aromatic nitrogens is 1. The molecule has 2 saturated heterocycles. The average molecular weight is 542 g/mol. The van der Waals surface area contributed by atoms with Crippen molar-refractivity contribution in [2.45, 2.75) is 56.6 Å². The minimum absolute atomic E-state index is 0.107. The van der Waals surface area contributed by atoms with E-state index in [0.29, 0.717) is 12.6 Å². The van der Waals surface area contributed by atoms with Crippen LogP contribution in [0.4, 0.5) is 26.3 Å². The van der Waals surface area contributed by atoms with Crippen molar-refractivity contribution >= 4 is 11.9 Å². The number of likely N-dealkylation sites (tertiary alicyclic amines) is 1. The van der Waals surface area contributed by atoms with E-state index in [-0.39, 0.29) is 12.2 Å². The summed E-state index contributed by atoms with van der Waals surface area (Å²) in [5.41, 5.74) is 1.10. The van der Waals surface area contributed by atoms with Crippen molar-refractivity contribution in [3.05, 3.63) is 54.2 Å². The van der Waals surface area contributed by atoms with Gasteiger partial charge in [0.1, 0.15) is 11.9 Å². The van der Waals surface area contributed by atoms with Crippen molar-refractivity contribution in [1.82, 2.24) is 9.88 Å². The molecule has 4 heterocycles. The van der Waals surface area contributed by atoms with Crippen LogP contribution in [-0.4, -0.2) is 75.8 Å². The lowest BCUT2D eigenvalue weighted by Crippen LogP contribution is -2.41. The van der Waals surface area contributed by atoms with Gasteiger partial charge in [-0.2, -0.15) is 26.3 Å². The van der Waals surface area contributed by atoms with Crippen LogP contribution >= 0.6 is 0 Å². The van der Waals surface area contributed by atoms with E-state index < -0.39 is 24.3 Å². The smallest absolute Gasteiger partial charge is 0.475 e. The minimum atomic E-state index is -5.08. The molecule has 2 fully saturated rings. The number of furan rings is 1. The van der Waals surface area contributed by atoms with E-state index in [1.807, 2.05) is 30.5 Å². The Bertz CT molecular complexity index is 946. The maximum atomic E-state index is 10.6. The van der Waals surface area contributed by atoms with Gasteiger partial charge in [0.05, 0.1) is 25.5 Å². The molecule has 3 atom stereocenters. The molecule has 15 heteroatoms. The average Bonchev–Trinajstić information content (AvgIpc) is 3.46. The van der Waals surface area contributed by atoms with Gasteiger partial charge in [-0.3, -0.25) is 9.88 Å². The SMILES string of the molecule is O=C(O)C(F)(F)F.O=C(O)C(F)(F)F.c1cncc(CO[C@@H]2CN(Cc3ccco3)[C@H]3CCCO[C@H]23)c1. The molecule has 4 rings (SSSR count). The minimum Gasteiger partial charge on any atom is -0.475 e. The predicted molar refractivity (Wildman–Crippen MR) is 112 cm³/mol. The van der Waals surface area contributed by atoms with Gasteiger partial charge in [0, 0.05) is 31.6 Å². The van der Waals surface area contributed by atoms with Crippen LogP contribution in [0, 0.1) is 0 Å². The number of fused-ring (bicyclic) bond motifs is 1. The molecule has 2 aliphatic heterocycles. The standard InChI is InChI=1S/C18H22N2O3.2C2HF3O2/c1-4-14(10-19-7-1)13-23-17-12-20(11-15-5-2-8-21-15)16-6-3-9-22-18(16)17;2*3-2(4,5)1(6)7/h1-2,4-5,7-8,10,16-18H,3,6,9,11-13H2;2*(H,6,7)/t16-,17+,18-;;/m0../s1. The molecule has 0 radical (unpaired) electrons. The van der Waals surface area contributed by atoms with Crippen molar-refractivity contribution in [3.8, 4) is 0 Å². The first-order chi connectivity index (χ1) is 17.3. The molecule has 0 aromatic carbocycles. The highest BCUT2D eigenvalue weighted by Crippen LogP contribution is 2.32. The zero-order chi connectivity index (χ0) is 27.6. The fourth-order valence-corrected chi connectivity index (χ4v) is 3.62. The summed E-state index contributed by atoms with van der Waals surface area (Å²) in [6, 6.07) is 8.38. The number of carbonyl (C=O) groups is 2. The Labute approximate surface area is 206 Å². The molecule has 37 heavy (non-hydrogen) atoms. The van der Waals surface area contributed by atoms with Crippen molar-refractivity contribution in [2.75, 3.05) is 13.2 Å². The number of pyridine rings is 1. The van der Waals surface area contributed by atoms with E-state index in [2.05, 4.69) is 9.88 Å². The van der Waals surface area contributed by atoms with Crippen LogP contribution in [0.5, 0.6) is 0 Å². The van der Waals surface area contributed by atoms with Gasteiger partial charge < -0.3 is 24.1 Å². The van der Waals surface area contributed by atoms with Crippen LogP contribution in [0.2, 0.25) is 0 Å². The zero-order valence-corrected chi connectivity index (χ0v) is 19.1. The summed E-state index contributed by atoms with van der Waals surface area (Å²) in [7, 11) is 0. The van der Waals surface area contributed by atoms with Gasteiger partial charge in [0.15, 0.2) is 0 Å². The van der Waals surface area contributed by atoms with Gasteiger partial charge >= 0.3 is 24.3 Å². The lowest BCUT2D eigenvalue weighted by molar-refractivity contribution is -0.193. The van der Waals surface area contributed by atoms with Crippen molar-refractivity contribution in [2.24, 2.45) is 0 Å². The number of aliphatic carboxylic acids is 2. The Morgan fingerprint density at radius 1 is 1.08 bits per heavy atom. The molecule has 9 nitrogen and oxygen atoms in total. The largest absolute Gasteiger partial charge is 0.490 e. The first-order valence-corrected chi connectivity index (χ1v) is 10.8. The van der Waals surface area contributed by atoms with Crippen LogP contribution in [0.15, 0.2) is 47.3 Å². The number of hydrogen-bond acceptors (Lipinski definition) is 7. The van der Waals surface area contributed by atoms with Gasteiger partial charge in [-0.1, -0.05) is 6.07 Å². The highest BCUT2D eigenvalue weighted by atomic mass is 19.4. The second-order valence-electron chi connectivity index (χ2n) is 7.87. The Kier molecular flexibility index (Phi) is 10.9. The van der Waals surface area contributed by atoms with Crippen molar-refractivity contribution < 1.29 is 60.0 Å². The van der Waals surface area contributed by atoms with Crippen molar-refractivity contribution in [1.29, 1.82) is 0 Å². The van der Waals surface area contributed by atoms with Gasteiger partial charge in [0.2, 0.25) is 0 Å². The van der Waals surface area contributed by atoms with Gasteiger partial charge in [-0.05, 0) is 36.6 Å². The highest BCUT2D eigenvalue weighted by molar-refractivity contribution is 5.73. The molecule has 0 amide bonds. The fraction of sp³-hybridized carbons (Fsp3) is 0.500.